The van der Waals surface area contributed by atoms with E-state index in [1.54, 1.807) is 6.20 Å². The zero-order valence-corrected chi connectivity index (χ0v) is 27.0. The highest BCUT2D eigenvalue weighted by Crippen LogP contribution is 2.52. The molecule has 2 aromatic heterocycles. The zero-order chi connectivity index (χ0) is 28.7. The molecule has 0 unspecified atom stereocenters. The highest BCUT2D eigenvalue weighted by molar-refractivity contribution is 9.10. The first-order valence-electron chi connectivity index (χ1n) is 14.1. The normalized spacial score (nSPS) is 18.8. The minimum Gasteiger partial charge on any atom is -0.444 e. The van der Waals surface area contributed by atoms with Gasteiger partial charge in [0.2, 0.25) is 11.6 Å². The van der Waals surface area contributed by atoms with E-state index in [4.69, 9.17) is 14.5 Å². The molecule has 9 nitrogen and oxygen atoms in total. The fourth-order valence-corrected chi connectivity index (χ4v) is 6.85. The third-order valence-electron chi connectivity index (χ3n) is 7.85. The molecule has 1 amide bonds. The van der Waals surface area contributed by atoms with Crippen LogP contribution in [0, 0.1) is 5.41 Å². The quantitative estimate of drug-likeness (QED) is 0.242. The Bertz CT molecular complexity index is 1370. The van der Waals surface area contributed by atoms with E-state index in [0.29, 0.717) is 17.0 Å². The fourth-order valence-electron chi connectivity index (χ4n) is 5.82. The summed E-state index contributed by atoms with van der Waals surface area (Å²) in [4.78, 5) is 29.3. The van der Waals surface area contributed by atoms with Crippen molar-refractivity contribution in [1.82, 2.24) is 24.8 Å². The van der Waals surface area contributed by atoms with Gasteiger partial charge in [0.15, 0.2) is 5.65 Å². The molecule has 5 rings (SSSR count). The number of fused-ring (bicyclic) bond motifs is 2. The number of piperidine rings is 1. The van der Waals surface area contributed by atoms with Gasteiger partial charge in [-0.15, -0.1) is 0 Å². The van der Waals surface area contributed by atoms with Crippen LogP contribution in [0.5, 0.6) is 0 Å². The molecule has 1 spiro atoms. The number of benzene rings is 1. The number of ether oxygens (including phenoxy) is 2. The second-order valence-electron chi connectivity index (χ2n) is 13.3. The van der Waals surface area contributed by atoms with E-state index >= 15 is 0 Å². The van der Waals surface area contributed by atoms with E-state index < -0.39 is 13.7 Å². The summed E-state index contributed by atoms with van der Waals surface area (Å²) in [5, 5.41) is 3.25. The number of amides is 1. The van der Waals surface area contributed by atoms with Gasteiger partial charge < -0.3 is 19.7 Å². The molecule has 1 aromatic carbocycles. The SMILES string of the molecule is CC(C)(C)OC(=O)N[C@@H]1c2ccccc2CC12CCN(c1nc3nc(Br)cnc3n1COCC[Si](C)(C)C)CC2. The summed E-state index contributed by atoms with van der Waals surface area (Å²) in [7, 11) is -1.20. The minimum absolute atomic E-state index is 0.0820. The molecule has 1 aliphatic heterocycles. The van der Waals surface area contributed by atoms with Gasteiger partial charge in [-0.3, -0.25) is 4.57 Å². The first-order valence-corrected chi connectivity index (χ1v) is 18.6. The Balaban J connectivity index is 1.37. The maximum absolute atomic E-state index is 12.9. The van der Waals surface area contributed by atoms with Gasteiger partial charge in [0.25, 0.3) is 0 Å². The van der Waals surface area contributed by atoms with Crippen LogP contribution in [0.15, 0.2) is 35.1 Å². The number of halogens is 1. The second kappa shape index (κ2) is 11.1. The Morgan fingerprint density at radius 3 is 2.60 bits per heavy atom. The Morgan fingerprint density at radius 2 is 1.90 bits per heavy atom. The topological polar surface area (TPSA) is 94.4 Å². The lowest BCUT2D eigenvalue weighted by molar-refractivity contribution is 0.0427. The Kier molecular flexibility index (Phi) is 8.02. The Hall–Kier alpha value is -2.50. The number of aromatic nitrogens is 4. The van der Waals surface area contributed by atoms with Crippen molar-refractivity contribution in [3.63, 3.8) is 0 Å². The Labute approximate surface area is 246 Å². The first-order chi connectivity index (χ1) is 18.8. The maximum atomic E-state index is 12.9. The van der Waals surface area contributed by atoms with Gasteiger partial charge in [-0.05, 0) is 73.1 Å². The molecular weight excluding hydrogens is 588 g/mol. The summed E-state index contributed by atoms with van der Waals surface area (Å²) in [6.07, 6.45) is 4.10. The molecule has 3 aromatic rings. The predicted octanol–water partition coefficient (Wildman–Crippen LogP) is 6.31. The fraction of sp³-hybridized carbons (Fsp3) is 0.586. The van der Waals surface area contributed by atoms with Gasteiger partial charge in [-0.2, -0.15) is 4.98 Å². The van der Waals surface area contributed by atoms with E-state index in [1.807, 2.05) is 20.8 Å². The molecule has 0 saturated carbocycles. The maximum Gasteiger partial charge on any atom is 0.408 e. The molecule has 2 aliphatic rings. The molecule has 216 valence electrons. The largest absolute Gasteiger partial charge is 0.444 e. The standard InChI is InChI=1S/C29H41BrN6O3Si/c1-28(2,3)39-27(37)33-23-21-10-8-7-9-20(21)17-29(23)11-13-35(14-12-29)26-34-24-25(31-18-22(30)32-24)36(26)19-38-15-16-40(4,5)6/h7-10,18,23H,11-17,19H2,1-6H3,(H,33,37)/t23-/m1/s1. The molecule has 11 heteroatoms. The lowest BCUT2D eigenvalue weighted by Crippen LogP contribution is -2.48. The summed E-state index contributed by atoms with van der Waals surface area (Å²) in [5.74, 6) is 0.836. The number of imidazole rings is 1. The zero-order valence-electron chi connectivity index (χ0n) is 24.5. The number of nitrogens with one attached hydrogen (secondary N) is 1. The van der Waals surface area contributed by atoms with Crippen molar-refractivity contribution in [2.24, 2.45) is 5.41 Å². The van der Waals surface area contributed by atoms with Crippen molar-refractivity contribution in [1.29, 1.82) is 0 Å². The Morgan fingerprint density at radius 1 is 1.18 bits per heavy atom. The van der Waals surface area contributed by atoms with Crippen LogP contribution < -0.4 is 10.2 Å². The van der Waals surface area contributed by atoms with Crippen LogP contribution in [-0.4, -0.2) is 59.0 Å². The molecule has 0 bridgehead atoms. The summed E-state index contributed by atoms with van der Waals surface area (Å²) < 4.78 is 14.5. The summed E-state index contributed by atoms with van der Waals surface area (Å²) in [5.41, 5.74) is 3.20. The van der Waals surface area contributed by atoms with Crippen LogP contribution in [0.25, 0.3) is 11.3 Å². The summed E-state index contributed by atoms with van der Waals surface area (Å²) in [6.45, 7) is 15.5. The number of rotatable bonds is 7. The van der Waals surface area contributed by atoms with Crippen LogP contribution in [0.1, 0.15) is 50.8 Å². The average Bonchev–Trinajstić information content (AvgIpc) is 3.35. The van der Waals surface area contributed by atoms with Crippen molar-refractivity contribution < 1.29 is 14.3 Å². The second-order valence-corrected chi connectivity index (χ2v) is 19.8. The van der Waals surface area contributed by atoms with E-state index in [-0.39, 0.29) is 17.6 Å². The van der Waals surface area contributed by atoms with Gasteiger partial charge in [-0.1, -0.05) is 43.9 Å². The number of alkyl carbamates (subject to hydrolysis) is 1. The molecule has 1 saturated heterocycles. The highest BCUT2D eigenvalue weighted by Gasteiger charge is 2.49. The number of hydrogen-bond acceptors (Lipinski definition) is 7. The lowest BCUT2D eigenvalue weighted by Gasteiger charge is -2.43. The molecule has 1 N–H and O–H groups in total. The number of hydrogen-bond donors (Lipinski definition) is 1. The van der Waals surface area contributed by atoms with Crippen LogP contribution >= 0.6 is 15.9 Å². The highest BCUT2D eigenvalue weighted by atomic mass is 79.9. The van der Waals surface area contributed by atoms with Crippen LogP contribution in [-0.2, 0) is 22.6 Å². The first kappa shape index (κ1) is 29.0. The van der Waals surface area contributed by atoms with Crippen molar-refractivity contribution >= 4 is 47.3 Å². The number of carbonyl (C=O) groups excluding carboxylic acids is 1. The molecule has 1 atom stereocenters. The van der Waals surface area contributed by atoms with E-state index in [1.165, 1.54) is 11.1 Å². The third-order valence-corrected chi connectivity index (χ3v) is 9.94. The smallest absolute Gasteiger partial charge is 0.408 e. The van der Waals surface area contributed by atoms with Gasteiger partial charge in [0.1, 0.15) is 16.9 Å². The van der Waals surface area contributed by atoms with Crippen LogP contribution in [0.4, 0.5) is 10.7 Å². The van der Waals surface area contributed by atoms with Crippen LogP contribution in [0.3, 0.4) is 0 Å². The van der Waals surface area contributed by atoms with Gasteiger partial charge >= 0.3 is 6.09 Å². The number of nitrogens with zero attached hydrogens (tertiary/aromatic N) is 5. The molecule has 40 heavy (non-hydrogen) atoms. The predicted molar refractivity (Wildman–Crippen MR) is 163 cm³/mol. The number of anilines is 1. The molecular formula is C29H41BrN6O3Si. The molecule has 1 aliphatic carbocycles. The van der Waals surface area contributed by atoms with Gasteiger partial charge in [-0.25, -0.2) is 14.8 Å². The van der Waals surface area contributed by atoms with E-state index in [2.05, 4.69) is 84.6 Å². The lowest BCUT2D eigenvalue weighted by atomic mass is 9.73. The summed E-state index contributed by atoms with van der Waals surface area (Å²) in [6, 6.07) is 9.48. The van der Waals surface area contributed by atoms with Crippen molar-refractivity contribution in [2.45, 2.75) is 84.1 Å². The van der Waals surface area contributed by atoms with Crippen molar-refractivity contribution in [3.05, 3.63) is 46.2 Å². The molecule has 0 radical (unpaired) electrons. The summed E-state index contributed by atoms with van der Waals surface area (Å²) >= 11 is 3.44. The monoisotopic (exact) mass is 628 g/mol. The minimum atomic E-state index is -1.20. The van der Waals surface area contributed by atoms with E-state index in [9.17, 15) is 4.79 Å². The van der Waals surface area contributed by atoms with Crippen LogP contribution in [0.2, 0.25) is 25.7 Å². The number of carbonyl (C=O) groups is 1. The average molecular weight is 630 g/mol. The van der Waals surface area contributed by atoms with Crippen molar-refractivity contribution in [2.75, 3.05) is 24.6 Å². The van der Waals surface area contributed by atoms with Crippen molar-refractivity contribution in [3.8, 4) is 0 Å². The van der Waals surface area contributed by atoms with Gasteiger partial charge in [0.05, 0.1) is 12.2 Å². The third kappa shape index (κ3) is 6.36. The molecule has 1 fully saturated rings. The van der Waals surface area contributed by atoms with Gasteiger partial charge in [0, 0.05) is 33.2 Å². The molecule has 3 heterocycles. The van der Waals surface area contributed by atoms with E-state index in [0.717, 1.165) is 56.6 Å².